The van der Waals surface area contributed by atoms with Crippen LogP contribution in [0.25, 0.3) is 11.1 Å². The third-order valence-corrected chi connectivity index (χ3v) is 4.85. The minimum atomic E-state index is -1.10. The second kappa shape index (κ2) is 9.05. The van der Waals surface area contributed by atoms with Crippen LogP contribution in [0.1, 0.15) is 52.0 Å². The summed E-state index contributed by atoms with van der Waals surface area (Å²) in [5.41, 5.74) is 1.59. The van der Waals surface area contributed by atoms with Gasteiger partial charge in [0.15, 0.2) is 0 Å². The molecule has 3 rings (SSSR count). The quantitative estimate of drug-likeness (QED) is 0.559. The summed E-state index contributed by atoms with van der Waals surface area (Å²) in [5.74, 6) is -1.65. The van der Waals surface area contributed by atoms with Crippen LogP contribution in [0, 0.1) is 12.7 Å². The van der Waals surface area contributed by atoms with Gasteiger partial charge in [-0.05, 0) is 74.1 Å². The molecular weight excluding hydrogens is 377 g/mol. The normalized spacial score (nSPS) is 13.2. The Bertz CT molecular complexity index is 924. The molecule has 3 N–H and O–H groups in total. The van der Waals surface area contributed by atoms with Crippen molar-refractivity contribution in [3.63, 3.8) is 0 Å². The zero-order chi connectivity index (χ0) is 21.0. The van der Waals surface area contributed by atoms with E-state index >= 15 is 0 Å². The van der Waals surface area contributed by atoms with E-state index in [0.29, 0.717) is 35.3 Å². The fourth-order valence-electron chi connectivity index (χ4n) is 2.98. The number of nitrogens with one attached hydrogen (secondary N) is 1. The Kier molecular flexibility index (Phi) is 6.49. The molecule has 154 valence electrons. The molecule has 0 aromatic heterocycles. The fourth-order valence-corrected chi connectivity index (χ4v) is 2.98. The SMILES string of the molecule is Cc1c(F)cc(C(=O)NC2CC2)cc1-c1ccc(C(=O)O)cc1OCCCCO. The van der Waals surface area contributed by atoms with Gasteiger partial charge in [-0.25, -0.2) is 9.18 Å². The number of amides is 1. The van der Waals surface area contributed by atoms with Gasteiger partial charge in [-0.3, -0.25) is 4.79 Å². The summed E-state index contributed by atoms with van der Waals surface area (Å²) in [6, 6.07) is 7.35. The molecule has 1 fully saturated rings. The first-order valence-electron chi connectivity index (χ1n) is 9.63. The van der Waals surface area contributed by atoms with Crippen LogP contribution in [-0.4, -0.2) is 41.3 Å². The zero-order valence-electron chi connectivity index (χ0n) is 16.2. The predicted octanol–water partition coefficient (Wildman–Crippen LogP) is 3.54. The Balaban J connectivity index is 1.99. The van der Waals surface area contributed by atoms with Gasteiger partial charge in [0.2, 0.25) is 0 Å². The fraction of sp³-hybridized carbons (Fsp3) is 0.364. The van der Waals surface area contributed by atoms with Gasteiger partial charge in [0, 0.05) is 23.8 Å². The molecule has 0 saturated heterocycles. The maximum Gasteiger partial charge on any atom is 0.335 e. The van der Waals surface area contributed by atoms with Gasteiger partial charge >= 0.3 is 5.97 Å². The smallest absolute Gasteiger partial charge is 0.335 e. The standard InChI is InChI=1S/C22H24FNO5/c1-13-18(10-15(11-19(13)23)21(26)24-16-5-6-16)17-7-4-14(22(27)28)12-20(17)29-9-3-2-8-25/h4,7,10-12,16,25H,2-3,5-6,8-9H2,1H3,(H,24,26)(H,27,28). The Morgan fingerprint density at radius 3 is 2.55 bits per heavy atom. The van der Waals surface area contributed by atoms with Crippen LogP contribution in [0.4, 0.5) is 4.39 Å². The highest BCUT2D eigenvalue weighted by atomic mass is 19.1. The molecule has 0 heterocycles. The summed E-state index contributed by atoms with van der Waals surface area (Å²) in [7, 11) is 0. The van der Waals surface area contributed by atoms with E-state index in [2.05, 4.69) is 5.32 Å². The van der Waals surface area contributed by atoms with Gasteiger partial charge in [-0.2, -0.15) is 0 Å². The molecule has 0 unspecified atom stereocenters. The average Bonchev–Trinajstić information content (AvgIpc) is 3.51. The number of rotatable bonds is 9. The van der Waals surface area contributed by atoms with E-state index in [-0.39, 0.29) is 36.3 Å². The van der Waals surface area contributed by atoms with Crippen LogP contribution >= 0.6 is 0 Å². The third-order valence-electron chi connectivity index (χ3n) is 4.85. The molecule has 1 saturated carbocycles. The molecule has 0 radical (unpaired) electrons. The van der Waals surface area contributed by atoms with Gasteiger partial charge in [-0.1, -0.05) is 0 Å². The van der Waals surface area contributed by atoms with Crippen molar-refractivity contribution in [1.82, 2.24) is 5.32 Å². The summed E-state index contributed by atoms with van der Waals surface area (Å²) in [4.78, 5) is 23.8. The largest absolute Gasteiger partial charge is 0.493 e. The number of hydrogen-bond acceptors (Lipinski definition) is 4. The predicted molar refractivity (Wildman–Crippen MR) is 106 cm³/mol. The molecule has 0 aliphatic heterocycles. The molecule has 2 aromatic carbocycles. The number of carboxylic acid groups (broad SMARTS) is 1. The summed E-state index contributed by atoms with van der Waals surface area (Å²) in [6.45, 7) is 1.92. The van der Waals surface area contributed by atoms with Crippen LogP contribution in [-0.2, 0) is 0 Å². The lowest BCUT2D eigenvalue weighted by molar-refractivity contribution is 0.0696. The lowest BCUT2D eigenvalue weighted by Gasteiger charge is -2.16. The third kappa shape index (κ3) is 5.12. The maximum atomic E-state index is 14.6. The van der Waals surface area contributed by atoms with Gasteiger partial charge in [-0.15, -0.1) is 0 Å². The molecule has 7 heteroatoms. The Hall–Kier alpha value is -2.93. The van der Waals surface area contributed by atoms with Crippen LogP contribution in [0.2, 0.25) is 0 Å². The summed E-state index contributed by atoms with van der Waals surface area (Å²) in [6.07, 6.45) is 2.99. The first kappa shape index (κ1) is 20.8. The Morgan fingerprint density at radius 1 is 1.14 bits per heavy atom. The molecule has 6 nitrogen and oxygen atoms in total. The van der Waals surface area contributed by atoms with Crippen LogP contribution in [0.3, 0.4) is 0 Å². The van der Waals surface area contributed by atoms with E-state index in [9.17, 15) is 19.1 Å². The van der Waals surface area contributed by atoms with E-state index in [4.69, 9.17) is 9.84 Å². The van der Waals surface area contributed by atoms with Gasteiger partial charge in [0.05, 0.1) is 12.2 Å². The van der Waals surface area contributed by atoms with Crippen molar-refractivity contribution >= 4 is 11.9 Å². The van der Waals surface area contributed by atoms with Gasteiger partial charge < -0.3 is 20.3 Å². The van der Waals surface area contributed by atoms with E-state index in [1.807, 2.05) is 0 Å². The number of aliphatic hydroxyl groups excluding tert-OH is 1. The number of hydrogen-bond donors (Lipinski definition) is 3. The summed E-state index contributed by atoms with van der Waals surface area (Å²) in [5, 5.41) is 21.0. The highest BCUT2D eigenvalue weighted by Gasteiger charge is 2.25. The van der Waals surface area contributed by atoms with Crippen molar-refractivity contribution in [3.05, 3.63) is 52.8 Å². The number of carboxylic acids is 1. The number of unbranched alkanes of at least 4 members (excludes halogenated alkanes) is 1. The number of aromatic carboxylic acids is 1. The second-order valence-electron chi connectivity index (χ2n) is 7.17. The summed E-state index contributed by atoms with van der Waals surface area (Å²) >= 11 is 0. The molecule has 1 amide bonds. The Morgan fingerprint density at radius 2 is 1.90 bits per heavy atom. The van der Waals surface area contributed by atoms with E-state index in [0.717, 1.165) is 12.8 Å². The maximum absolute atomic E-state index is 14.6. The molecular formula is C22H24FNO5. The molecule has 0 atom stereocenters. The molecule has 1 aliphatic carbocycles. The molecule has 1 aliphatic rings. The van der Waals surface area contributed by atoms with Crippen LogP contribution in [0.5, 0.6) is 5.75 Å². The van der Waals surface area contributed by atoms with Crippen molar-refractivity contribution in [2.24, 2.45) is 0 Å². The first-order valence-corrected chi connectivity index (χ1v) is 9.63. The number of halogens is 1. The summed E-state index contributed by atoms with van der Waals surface area (Å²) < 4.78 is 20.3. The minimum absolute atomic E-state index is 0.0356. The highest BCUT2D eigenvalue weighted by Crippen LogP contribution is 2.35. The number of benzene rings is 2. The molecule has 0 bridgehead atoms. The minimum Gasteiger partial charge on any atom is -0.493 e. The van der Waals surface area contributed by atoms with Crippen molar-refractivity contribution in [2.75, 3.05) is 13.2 Å². The van der Waals surface area contributed by atoms with Crippen LogP contribution in [0.15, 0.2) is 30.3 Å². The van der Waals surface area contributed by atoms with Gasteiger partial charge in [0.25, 0.3) is 5.91 Å². The number of aliphatic hydroxyl groups is 1. The van der Waals surface area contributed by atoms with Crippen molar-refractivity contribution in [3.8, 4) is 16.9 Å². The molecule has 29 heavy (non-hydrogen) atoms. The monoisotopic (exact) mass is 401 g/mol. The van der Waals surface area contributed by atoms with Crippen molar-refractivity contribution in [2.45, 2.75) is 38.6 Å². The van der Waals surface area contributed by atoms with Crippen molar-refractivity contribution < 1.29 is 28.9 Å². The zero-order valence-corrected chi connectivity index (χ0v) is 16.2. The van der Waals surface area contributed by atoms with E-state index in [1.54, 1.807) is 19.1 Å². The topological polar surface area (TPSA) is 95.9 Å². The Labute approximate surface area is 168 Å². The average molecular weight is 401 g/mol. The lowest BCUT2D eigenvalue weighted by Crippen LogP contribution is -2.25. The molecule has 2 aromatic rings. The second-order valence-corrected chi connectivity index (χ2v) is 7.17. The molecule has 0 spiro atoms. The van der Waals surface area contributed by atoms with Crippen LogP contribution < -0.4 is 10.1 Å². The number of carbonyl (C=O) groups is 2. The van der Waals surface area contributed by atoms with E-state index < -0.39 is 11.8 Å². The number of carbonyl (C=O) groups excluding carboxylic acids is 1. The number of ether oxygens (including phenoxy) is 1. The van der Waals surface area contributed by atoms with Crippen molar-refractivity contribution in [1.29, 1.82) is 0 Å². The van der Waals surface area contributed by atoms with Gasteiger partial charge in [0.1, 0.15) is 11.6 Å². The first-order chi connectivity index (χ1) is 13.9. The highest BCUT2D eigenvalue weighted by molar-refractivity contribution is 5.97. The lowest BCUT2D eigenvalue weighted by atomic mass is 9.95. The van der Waals surface area contributed by atoms with E-state index in [1.165, 1.54) is 18.2 Å².